The highest BCUT2D eigenvalue weighted by atomic mass is 79.9. The fourth-order valence-electron chi connectivity index (χ4n) is 3.10. The average Bonchev–Trinajstić information content (AvgIpc) is 3.50. The number of amides is 1. The van der Waals surface area contributed by atoms with Crippen molar-refractivity contribution in [2.24, 2.45) is 0 Å². The Labute approximate surface area is 189 Å². The van der Waals surface area contributed by atoms with Crippen molar-refractivity contribution < 1.29 is 18.0 Å². The van der Waals surface area contributed by atoms with Crippen molar-refractivity contribution in [1.29, 1.82) is 5.26 Å². The number of nitrogens with one attached hydrogen (secondary N) is 1. The predicted molar refractivity (Wildman–Crippen MR) is 111 cm³/mol. The van der Waals surface area contributed by atoms with Crippen molar-refractivity contribution in [2.45, 2.75) is 37.9 Å². The first-order valence-electron chi connectivity index (χ1n) is 9.67. The molecular weight excluding hydrogens is 489 g/mol. The van der Waals surface area contributed by atoms with Gasteiger partial charge in [0.05, 0.1) is 17.2 Å². The minimum atomic E-state index is -4.57. The maximum atomic E-state index is 13.1. The van der Waals surface area contributed by atoms with Gasteiger partial charge in [0.25, 0.3) is 5.91 Å². The van der Waals surface area contributed by atoms with E-state index in [1.807, 2.05) is 6.07 Å². The SMILES string of the molecule is CC(NC(=O)c1cc(Br)cc(C(F)(F)F)c1)c1nc(C2CC2)n(-c2ccc(C#N)cn2)n1. The minimum Gasteiger partial charge on any atom is -0.342 e. The molecule has 7 nitrogen and oxygen atoms in total. The molecule has 1 unspecified atom stereocenters. The Balaban J connectivity index is 1.59. The van der Waals surface area contributed by atoms with Crippen molar-refractivity contribution in [1.82, 2.24) is 25.1 Å². The van der Waals surface area contributed by atoms with Crippen molar-refractivity contribution in [3.63, 3.8) is 0 Å². The molecule has 1 aromatic carbocycles. The molecule has 2 heterocycles. The fourth-order valence-corrected chi connectivity index (χ4v) is 3.60. The molecule has 1 aliphatic carbocycles. The first kappa shape index (κ1) is 22.0. The van der Waals surface area contributed by atoms with E-state index in [-0.39, 0.29) is 16.0 Å². The second-order valence-corrected chi connectivity index (χ2v) is 8.37. The number of carbonyl (C=O) groups excluding carboxylic acids is 1. The van der Waals surface area contributed by atoms with Gasteiger partial charge >= 0.3 is 6.18 Å². The Morgan fingerprint density at radius 1 is 1.31 bits per heavy atom. The second kappa shape index (κ2) is 8.35. The Hall–Kier alpha value is -3.26. The third kappa shape index (κ3) is 4.65. The number of rotatable bonds is 5. The van der Waals surface area contributed by atoms with E-state index in [1.165, 1.54) is 12.3 Å². The number of carbonyl (C=O) groups is 1. The molecule has 0 radical (unpaired) electrons. The van der Waals surface area contributed by atoms with Gasteiger partial charge in [-0.3, -0.25) is 4.79 Å². The first-order chi connectivity index (χ1) is 15.2. The number of benzene rings is 1. The summed E-state index contributed by atoms with van der Waals surface area (Å²) in [4.78, 5) is 21.4. The van der Waals surface area contributed by atoms with E-state index in [9.17, 15) is 18.0 Å². The molecule has 1 atom stereocenters. The van der Waals surface area contributed by atoms with Crippen LogP contribution in [-0.4, -0.2) is 25.7 Å². The Bertz CT molecular complexity index is 1210. The predicted octanol–water partition coefficient (Wildman–Crippen LogP) is 4.68. The van der Waals surface area contributed by atoms with Gasteiger partial charge in [0, 0.05) is 22.2 Å². The van der Waals surface area contributed by atoms with Crippen molar-refractivity contribution in [3.8, 4) is 11.9 Å². The lowest BCUT2D eigenvalue weighted by atomic mass is 10.1. The monoisotopic (exact) mass is 504 g/mol. The van der Waals surface area contributed by atoms with Gasteiger partial charge in [-0.25, -0.2) is 9.97 Å². The van der Waals surface area contributed by atoms with E-state index in [2.05, 4.69) is 36.3 Å². The molecule has 164 valence electrons. The van der Waals surface area contributed by atoms with Crippen LogP contribution in [0.3, 0.4) is 0 Å². The molecular formula is C21H16BrF3N6O. The third-order valence-electron chi connectivity index (χ3n) is 4.91. The summed E-state index contributed by atoms with van der Waals surface area (Å²) in [6.07, 6.45) is -1.23. The van der Waals surface area contributed by atoms with Gasteiger partial charge in [-0.1, -0.05) is 15.9 Å². The van der Waals surface area contributed by atoms with E-state index < -0.39 is 23.7 Å². The van der Waals surface area contributed by atoms with Crippen LogP contribution in [0.2, 0.25) is 0 Å². The van der Waals surface area contributed by atoms with Crippen LogP contribution < -0.4 is 5.32 Å². The van der Waals surface area contributed by atoms with Crippen molar-refractivity contribution in [3.05, 3.63) is 69.3 Å². The third-order valence-corrected chi connectivity index (χ3v) is 5.37. The maximum absolute atomic E-state index is 13.1. The van der Waals surface area contributed by atoms with Gasteiger partial charge in [-0.05, 0) is 50.1 Å². The highest BCUT2D eigenvalue weighted by molar-refractivity contribution is 9.10. The van der Waals surface area contributed by atoms with Gasteiger partial charge in [0.15, 0.2) is 11.6 Å². The lowest BCUT2D eigenvalue weighted by molar-refractivity contribution is -0.137. The number of halogens is 4. The standard InChI is InChI=1S/C21H16BrF3N6O/c1-11(28-20(32)14-6-15(21(23,24)25)8-16(22)7-14)18-29-19(13-3-4-13)31(30-18)17-5-2-12(9-26)10-27-17/h2,5-8,10-11,13H,3-4H2,1H3,(H,28,32). The summed E-state index contributed by atoms with van der Waals surface area (Å²) in [6, 6.07) is 7.66. The normalized spacial score (nSPS) is 14.6. The molecule has 11 heteroatoms. The molecule has 32 heavy (non-hydrogen) atoms. The van der Waals surface area contributed by atoms with Gasteiger partial charge in [0.2, 0.25) is 0 Å². The summed E-state index contributed by atoms with van der Waals surface area (Å²) in [5.41, 5.74) is -0.640. The molecule has 1 aliphatic rings. The van der Waals surface area contributed by atoms with E-state index in [0.717, 1.165) is 25.0 Å². The molecule has 0 spiro atoms. The summed E-state index contributed by atoms with van der Waals surface area (Å²) >= 11 is 3.02. The number of alkyl halides is 3. The molecule has 1 N–H and O–H groups in total. The Kier molecular flexibility index (Phi) is 5.73. The number of pyridine rings is 1. The highest BCUT2D eigenvalue weighted by Gasteiger charge is 2.33. The molecule has 2 aromatic heterocycles. The van der Waals surface area contributed by atoms with E-state index >= 15 is 0 Å². The summed E-state index contributed by atoms with van der Waals surface area (Å²) in [5.74, 6) is 1.05. The number of nitrogens with zero attached hydrogens (tertiary/aromatic N) is 5. The molecule has 0 aliphatic heterocycles. The molecule has 1 fully saturated rings. The zero-order chi connectivity index (χ0) is 23.0. The van der Waals surface area contributed by atoms with Gasteiger partial charge < -0.3 is 5.32 Å². The number of hydrogen-bond donors (Lipinski definition) is 1. The minimum absolute atomic E-state index is 0.130. The molecule has 0 bridgehead atoms. The van der Waals surface area contributed by atoms with Gasteiger partial charge in [-0.2, -0.15) is 23.1 Å². The Morgan fingerprint density at radius 3 is 2.66 bits per heavy atom. The number of nitriles is 1. The van der Waals surface area contributed by atoms with Crippen LogP contribution in [0.4, 0.5) is 13.2 Å². The summed E-state index contributed by atoms with van der Waals surface area (Å²) in [7, 11) is 0. The second-order valence-electron chi connectivity index (χ2n) is 7.45. The summed E-state index contributed by atoms with van der Waals surface area (Å²) in [6.45, 7) is 1.66. The van der Waals surface area contributed by atoms with Crippen molar-refractivity contribution in [2.75, 3.05) is 0 Å². The van der Waals surface area contributed by atoms with E-state index in [0.29, 0.717) is 23.0 Å². The van der Waals surface area contributed by atoms with Gasteiger partial charge in [0.1, 0.15) is 11.9 Å². The molecule has 1 amide bonds. The average molecular weight is 505 g/mol. The van der Waals surface area contributed by atoms with Crippen molar-refractivity contribution >= 4 is 21.8 Å². The molecule has 3 aromatic rings. The fraction of sp³-hybridized carbons (Fsp3) is 0.286. The maximum Gasteiger partial charge on any atom is 0.416 e. The van der Waals surface area contributed by atoms with E-state index in [1.54, 1.807) is 23.7 Å². The lowest BCUT2D eigenvalue weighted by Crippen LogP contribution is -2.28. The van der Waals surface area contributed by atoms with Crippen LogP contribution in [0.1, 0.15) is 64.9 Å². The lowest BCUT2D eigenvalue weighted by Gasteiger charge is -2.13. The zero-order valence-corrected chi connectivity index (χ0v) is 18.3. The largest absolute Gasteiger partial charge is 0.416 e. The van der Waals surface area contributed by atoms with Gasteiger partial charge in [-0.15, -0.1) is 5.10 Å². The smallest absolute Gasteiger partial charge is 0.342 e. The van der Waals surface area contributed by atoms with Crippen LogP contribution in [0.15, 0.2) is 41.0 Å². The van der Waals surface area contributed by atoms with Crippen LogP contribution in [0, 0.1) is 11.3 Å². The zero-order valence-electron chi connectivity index (χ0n) is 16.7. The van der Waals surface area contributed by atoms with E-state index in [4.69, 9.17) is 5.26 Å². The van der Waals surface area contributed by atoms with Crippen LogP contribution in [-0.2, 0) is 6.18 Å². The molecule has 0 saturated heterocycles. The molecule has 1 saturated carbocycles. The quantitative estimate of drug-likeness (QED) is 0.543. The van der Waals surface area contributed by atoms with Crippen LogP contribution in [0.5, 0.6) is 0 Å². The molecule has 4 rings (SSSR count). The number of aromatic nitrogens is 4. The summed E-state index contributed by atoms with van der Waals surface area (Å²) in [5, 5.41) is 16.1. The topological polar surface area (TPSA) is 96.5 Å². The Morgan fingerprint density at radius 2 is 2.06 bits per heavy atom. The number of hydrogen-bond acceptors (Lipinski definition) is 5. The van der Waals surface area contributed by atoms with Crippen LogP contribution in [0.25, 0.3) is 5.82 Å². The van der Waals surface area contributed by atoms with Crippen LogP contribution >= 0.6 is 15.9 Å². The first-order valence-corrected chi connectivity index (χ1v) is 10.5. The summed E-state index contributed by atoms with van der Waals surface area (Å²) < 4.78 is 41.0. The highest BCUT2D eigenvalue weighted by Crippen LogP contribution is 2.40.